The minimum absolute atomic E-state index is 0.137. The molecule has 1 aromatic heterocycles. The first-order chi connectivity index (χ1) is 9.86. The van der Waals surface area contributed by atoms with Crippen molar-refractivity contribution in [2.24, 2.45) is 0 Å². The highest BCUT2D eigenvalue weighted by molar-refractivity contribution is 7.10. The van der Waals surface area contributed by atoms with Crippen LogP contribution in [0, 0.1) is 0 Å². The van der Waals surface area contributed by atoms with Crippen LogP contribution in [0.3, 0.4) is 0 Å². The molecule has 0 amide bonds. The van der Waals surface area contributed by atoms with E-state index in [1.165, 1.54) is 12.0 Å². The van der Waals surface area contributed by atoms with Gasteiger partial charge in [0.1, 0.15) is 11.1 Å². The minimum atomic E-state index is 0.137. The van der Waals surface area contributed by atoms with Crippen LogP contribution >= 0.6 is 11.3 Å². The van der Waals surface area contributed by atoms with Gasteiger partial charge in [-0.1, -0.05) is 37.3 Å². The summed E-state index contributed by atoms with van der Waals surface area (Å²) < 4.78 is 5.90. The molecule has 0 aliphatic carbocycles. The number of hydrogen-bond donors (Lipinski definition) is 0. The molecule has 1 aliphatic heterocycles. The molecule has 1 saturated heterocycles. The van der Waals surface area contributed by atoms with Crippen LogP contribution in [0.15, 0.2) is 35.7 Å². The van der Waals surface area contributed by atoms with Crippen LogP contribution in [-0.4, -0.2) is 36.1 Å². The van der Waals surface area contributed by atoms with E-state index in [4.69, 9.17) is 9.72 Å². The molecule has 3 nitrogen and oxygen atoms in total. The molecule has 0 radical (unpaired) electrons. The molecule has 1 fully saturated rings. The normalized spacial score (nSPS) is 20.1. The van der Waals surface area contributed by atoms with E-state index in [2.05, 4.69) is 41.5 Å². The molecule has 0 spiro atoms. The fourth-order valence-corrected chi connectivity index (χ4v) is 3.41. The van der Waals surface area contributed by atoms with Gasteiger partial charge in [-0.3, -0.25) is 4.90 Å². The summed E-state index contributed by atoms with van der Waals surface area (Å²) in [6.45, 7) is 6.19. The number of benzene rings is 1. The van der Waals surface area contributed by atoms with Crippen molar-refractivity contribution in [2.75, 3.05) is 26.2 Å². The van der Waals surface area contributed by atoms with E-state index in [0.717, 1.165) is 36.9 Å². The highest BCUT2D eigenvalue weighted by Gasteiger charge is 2.24. The van der Waals surface area contributed by atoms with Crippen LogP contribution in [0.4, 0.5) is 0 Å². The lowest BCUT2D eigenvalue weighted by Crippen LogP contribution is -2.38. The summed E-state index contributed by atoms with van der Waals surface area (Å²) in [7, 11) is 0. The third-order valence-corrected chi connectivity index (χ3v) is 4.49. The monoisotopic (exact) mass is 288 g/mol. The molecule has 1 atom stereocenters. The molecular weight excluding hydrogens is 268 g/mol. The van der Waals surface area contributed by atoms with E-state index < -0.39 is 0 Å². The molecule has 3 rings (SSSR count). The fourth-order valence-electron chi connectivity index (χ4n) is 2.55. The van der Waals surface area contributed by atoms with E-state index in [1.54, 1.807) is 11.3 Å². The van der Waals surface area contributed by atoms with Crippen LogP contribution in [0.2, 0.25) is 0 Å². The largest absolute Gasteiger partial charge is 0.368 e. The highest BCUT2D eigenvalue weighted by atomic mass is 32.1. The van der Waals surface area contributed by atoms with Crippen molar-refractivity contribution < 1.29 is 4.74 Å². The zero-order chi connectivity index (χ0) is 13.8. The Morgan fingerprint density at radius 2 is 2.20 bits per heavy atom. The molecule has 1 unspecified atom stereocenters. The summed E-state index contributed by atoms with van der Waals surface area (Å²) in [5.41, 5.74) is 2.23. The van der Waals surface area contributed by atoms with Gasteiger partial charge in [0.25, 0.3) is 0 Å². The Balaban J connectivity index is 1.73. The molecular formula is C16H20N2OS. The summed E-state index contributed by atoms with van der Waals surface area (Å²) in [5.74, 6) is 0. The second-order valence-electron chi connectivity index (χ2n) is 5.10. The maximum Gasteiger partial charge on any atom is 0.124 e. The van der Waals surface area contributed by atoms with Crippen molar-refractivity contribution in [3.63, 3.8) is 0 Å². The Morgan fingerprint density at radius 3 is 3.00 bits per heavy atom. The smallest absolute Gasteiger partial charge is 0.124 e. The predicted molar refractivity (Wildman–Crippen MR) is 83.0 cm³/mol. The zero-order valence-electron chi connectivity index (χ0n) is 11.8. The Kier molecular flexibility index (Phi) is 4.45. The van der Waals surface area contributed by atoms with Gasteiger partial charge in [-0.25, -0.2) is 4.98 Å². The van der Waals surface area contributed by atoms with Crippen molar-refractivity contribution in [1.82, 2.24) is 9.88 Å². The molecule has 2 heterocycles. The molecule has 1 aliphatic rings. The molecule has 0 N–H and O–H groups in total. The zero-order valence-corrected chi connectivity index (χ0v) is 12.6. The number of ether oxygens (including phenoxy) is 1. The maximum atomic E-state index is 5.90. The highest BCUT2D eigenvalue weighted by Crippen LogP contribution is 2.29. The van der Waals surface area contributed by atoms with Gasteiger partial charge >= 0.3 is 0 Å². The van der Waals surface area contributed by atoms with Gasteiger partial charge < -0.3 is 4.74 Å². The summed E-state index contributed by atoms with van der Waals surface area (Å²) in [5, 5.41) is 3.23. The second kappa shape index (κ2) is 6.48. The van der Waals surface area contributed by atoms with Crippen molar-refractivity contribution in [3.05, 3.63) is 40.7 Å². The number of morpholine rings is 1. The van der Waals surface area contributed by atoms with Gasteiger partial charge in [0.15, 0.2) is 0 Å². The van der Waals surface area contributed by atoms with Gasteiger partial charge in [0.05, 0.1) is 12.3 Å². The van der Waals surface area contributed by atoms with E-state index in [0.29, 0.717) is 0 Å². The molecule has 2 aromatic rings. The first-order valence-corrected chi connectivity index (χ1v) is 8.09. The van der Waals surface area contributed by atoms with Crippen molar-refractivity contribution in [3.8, 4) is 11.3 Å². The first kappa shape index (κ1) is 13.7. The summed E-state index contributed by atoms with van der Waals surface area (Å²) in [6, 6.07) is 10.3. The van der Waals surface area contributed by atoms with Crippen molar-refractivity contribution in [1.29, 1.82) is 0 Å². The van der Waals surface area contributed by atoms with Gasteiger partial charge in [-0.05, 0) is 13.0 Å². The van der Waals surface area contributed by atoms with Crippen LogP contribution in [-0.2, 0) is 4.74 Å². The summed E-state index contributed by atoms with van der Waals surface area (Å²) in [4.78, 5) is 7.24. The van der Waals surface area contributed by atoms with E-state index in [-0.39, 0.29) is 6.10 Å². The van der Waals surface area contributed by atoms with Crippen LogP contribution in [0.5, 0.6) is 0 Å². The standard InChI is InChI=1S/C16H20N2OS/c1-2-8-18-9-10-19-15(11-18)16-17-14(12-20-16)13-6-4-3-5-7-13/h3-7,12,15H,2,8-11H2,1H3. The third kappa shape index (κ3) is 3.08. The molecule has 4 heteroatoms. The molecule has 106 valence electrons. The summed E-state index contributed by atoms with van der Waals surface area (Å²) >= 11 is 1.71. The molecule has 1 aromatic carbocycles. The first-order valence-electron chi connectivity index (χ1n) is 7.21. The minimum Gasteiger partial charge on any atom is -0.368 e. The average molecular weight is 288 g/mol. The molecule has 0 bridgehead atoms. The lowest BCUT2D eigenvalue weighted by atomic mass is 10.2. The SMILES string of the molecule is CCCN1CCOC(c2nc(-c3ccccc3)cs2)C1. The van der Waals surface area contributed by atoms with E-state index in [1.807, 2.05) is 6.07 Å². The van der Waals surface area contributed by atoms with Gasteiger partial charge in [-0.2, -0.15) is 0 Å². The maximum absolute atomic E-state index is 5.90. The second-order valence-corrected chi connectivity index (χ2v) is 5.99. The quantitative estimate of drug-likeness (QED) is 0.859. The average Bonchev–Trinajstić information content (AvgIpc) is 2.99. The van der Waals surface area contributed by atoms with Crippen LogP contribution < -0.4 is 0 Å². The Labute approximate surface area is 124 Å². The van der Waals surface area contributed by atoms with Crippen molar-refractivity contribution in [2.45, 2.75) is 19.4 Å². The third-order valence-electron chi connectivity index (χ3n) is 3.56. The number of aromatic nitrogens is 1. The van der Waals surface area contributed by atoms with E-state index in [9.17, 15) is 0 Å². The van der Waals surface area contributed by atoms with Crippen LogP contribution in [0.25, 0.3) is 11.3 Å². The Bertz CT molecular complexity index is 538. The lowest BCUT2D eigenvalue weighted by molar-refractivity contribution is -0.0298. The number of nitrogens with zero attached hydrogens (tertiary/aromatic N) is 2. The Morgan fingerprint density at radius 1 is 1.35 bits per heavy atom. The van der Waals surface area contributed by atoms with Gasteiger partial charge in [0, 0.05) is 24.0 Å². The fraction of sp³-hybridized carbons (Fsp3) is 0.438. The van der Waals surface area contributed by atoms with Gasteiger partial charge in [0.2, 0.25) is 0 Å². The van der Waals surface area contributed by atoms with Crippen LogP contribution in [0.1, 0.15) is 24.5 Å². The van der Waals surface area contributed by atoms with Crippen molar-refractivity contribution >= 4 is 11.3 Å². The number of thiazole rings is 1. The predicted octanol–water partition coefficient (Wildman–Crippen LogP) is 3.59. The topological polar surface area (TPSA) is 25.4 Å². The lowest BCUT2D eigenvalue weighted by Gasteiger charge is -2.31. The molecule has 20 heavy (non-hydrogen) atoms. The van der Waals surface area contributed by atoms with E-state index >= 15 is 0 Å². The number of hydrogen-bond acceptors (Lipinski definition) is 4. The molecule has 0 saturated carbocycles. The number of rotatable bonds is 4. The van der Waals surface area contributed by atoms with Gasteiger partial charge in [-0.15, -0.1) is 11.3 Å². The Hall–Kier alpha value is -1.23. The summed E-state index contributed by atoms with van der Waals surface area (Å²) in [6.07, 6.45) is 1.33.